The molecule has 0 aliphatic carbocycles. The van der Waals surface area contributed by atoms with E-state index < -0.39 is 0 Å². The lowest BCUT2D eigenvalue weighted by Gasteiger charge is -2.07. The molecule has 0 unspecified atom stereocenters. The Bertz CT molecular complexity index is 3680. The number of fused-ring (bicyclic) bond motifs is 8. The van der Waals surface area contributed by atoms with Gasteiger partial charge in [-0.05, 0) is 76.9 Å². The summed E-state index contributed by atoms with van der Waals surface area (Å²) in [5.74, 6) is 14.3. The van der Waals surface area contributed by atoms with Crippen LogP contribution in [0.4, 0.5) is 0 Å². The highest BCUT2D eigenvalue weighted by Crippen LogP contribution is 2.43. The first-order valence-electron chi connectivity index (χ1n) is 21.8. The highest BCUT2D eigenvalue weighted by Gasteiger charge is 2.27. The Morgan fingerprint density at radius 3 is 1.06 bits per heavy atom. The van der Waals surface area contributed by atoms with Gasteiger partial charge in [0.2, 0.25) is 0 Å². The fourth-order valence-corrected chi connectivity index (χ4v) is 8.72. The van der Waals surface area contributed by atoms with Crippen molar-refractivity contribution in [2.24, 2.45) is 0 Å². The molecule has 2 N–H and O–H groups in total. The second-order valence-electron chi connectivity index (χ2n) is 15.9. The van der Waals surface area contributed by atoms with Gasteiger partial charge in [0, 0.05) is 61.0 Å². The smallest absolute Gasteiger partial charge is 0.152 e. The van der Waals surface area contributed by atoms with Gasteiger partial charge in [-0.2, -0.15) is 0 Å². The van der Waals surface area contributed by atoms with Crippen molar-refractivity contribution in [3.63, 3.8) is 0 Å². The minimum Gasteiger partial charge on any atom is -0.354 e. The van der Waals surface area contributed by atoms with E-state index in [9.17, 15) is 4.79 Å². The number of carbonyl (C=O) groups is 1. The molecule has 0 atom stereocenters. The Labute approximate surface area is 382 Å². The van der Waals surface area contributed by atoms with Gasteiger partial charge < -0.3 is 9.97 Å². The maximum atomic E-state index is 13.2. The van der Waals surface area contributed by atoms with E-state index >= 15 is 0 Å². The first-order valence-corrected chi connectivity index (χ1v) is 21.8. The monoisotopic (exact) mass is 842 g/mol. The van der Waals surface area contributed by atoms with Crippen molar-refractivity contribution in [1.29, 1.82) is 0 Å². The predicted octanol–water partition coefficient (Wildman–Crippen LogP) is 13.7. The number of nitrogens with one attached hydrogen (secondary N) is 2. The predicted molar refractivity (Wildman–Crippen MR) is 270 cm³/mol. The number of benzene rings is 6. The van der Waals surface area contributed by atoms with Crippen molar-refractivity contribution in [1.82, 2.24) is 19.9 Å². The van der Waals surface area contributed by atoms with Crippen LogP contribution < -0.4 is 0 Å². The van der Waals surface area contributed by atoms with E-state index in [2.05, 4.69) is 106 Å². The SMILES string of the molecule is O=CC1=Cc2nc1c(-c1ccccc1)c1ccc([nH]1)c(-c1ccccc1)c1nc(c(-c3ccccc3)c3ccc([nH]3)c2-c2ccccc2)C(C#Cc2ccccc2)=C1C#Cc1ccccc1. The van der Waals surface area contributed by atoms with Crippen molar-refractivity contribution in [3.8, 4) is 68.2 Å². The Kier molecular flexibility index (Phi) is 10.5. The summed E-state index contributed by atoms with van der Waals surface area (Å²) in [5, 5.41) is 0. The minimum absolute atomic E-state index is 0.482. The highest BCUT2D eigenvalue weighted by atomic mass is 16.1. The summed E-state index contributed by atoms with van der Waals surface area (Å²) in [5.41, 5.74) is 16.6. The number of H-pyrrole nitrogens is 2. The Balaban J connectivity index is 1.39. The summed E-state index contributed by atoms with van der Waals surface area (Å²) in [6.45, 7) is 0. The third-order valence-corrected chi connectivity index (χ3v) is 11.7. The van der Waals surface area contributed by atoms with Gasteiger partial charge in [0.15, 0.2) is 6.29 Å². The number of aromatic nitrogens is 4. The summed E-state index contributed by atoms with van der Waals surface area (Å²) in [6.07, 6.45) is 2.81. The zero-order valence-corrected chi connectivity index (χ0v) is 35.6. The molecule has 66 heavy (non-hydrogen) atoms. The molecule has 5 heterocycles. The standard InChI is InChI=1S/C61H38N4O/c66-40-47-39-54-55(43-23-11-3-12-24-43)50-35-36-52(62-50)57(45-27-15-5-16-28-45)60-48(33-31-41-19-7-1-8-20-41)49(34-32-42-21-9-2-10-22-42)61(65-60)58(46-29-17-6-18-30-46)53-38-37-51(63-53)56(59(47)64-54)44-25-13-4-14-26-44/h1-30,35-40,62-63H. The van der Waals surface area contributed by atoms with Gasteiger partial charge >= 0.3 is 0 Å². The molecule has 8 bridgehead atoms. The van der Waals surface area contributed by atoms with E-state index in [1.54, 1.807) is 0 Å². The van der Waals surface area contributed by atoms with E-state index in [1.165, 1.54) is 0 Å². The van der Waals surface area contributed by atoms with E-state index in [4.69, 9.17) is 9.97 Å². The van der Waals surface area contributed by atoms with Crippen LogP contribution in [0.1, 0.15) is 33.9 Å². The fourth-order valence-electron chi connectivity index (χ4n) is 8.72. The summed E-state index contributed by atoms with van der Waals surface area (Å²) in [6, 6.07) is 69.3. The van der Waals surface area contributed by atoms with Gasteiger partial charge in [0.1, 0.15) is 0 Å². The van der Waals surface area contributed by atoms with E-state index in [0.29, 0.717) is 39.5 Å². The van der Waals surface area contributed by atoms with Crippen molar-refractivity contribution in [2.45, 2.75) is 0 Å². The summed E-state index contributed by atoms with van der Waals surface area (Å²) >= 11 is 0. The van der Waals surface area contributed by atoms with Crippen LogP contribution in [0.25, 0.3) is 89.4 Å². The second-order valence-corrected chi connectivity index (χ2v) is 15.9. The maximum absolute atomic E-state index is 13.2. The van der Waals surface area contributed by atoms with Gasteiger partial charge in [-0.1, -0.05) is 181 Å². The average molecular weight is 843 g/mol. The summed E-state index contributed by atoms with van der Waals surface area (Å²) < 4.78 is 0. The molecule has 0 saturated heterocycles. The van der Waals surface area contributed by atoms with Crippen LogP contribution >= 0.6 is 0 Å². The van der Waals surface area contributed by atoms with Crippen LogP contribution in [-0.2, 0) is 4.79 Å². The van der Waals surface area contributed by atoms with Crippen molar-refractivity contribution in [2.75, 3.05) is 0 Å². The van der Waals surface area contributed by atoms with Crippen LogP contribution in [0.3, 0.4) is 0 Å². The second kappa shape index (κ2) is 17.5. The molecule has 0 spiro atoms. The number of aldehydes is 1. The molecule has 0 radical (unpaired) electrons. The van der Waals surface area contributed by atoms with Crippen molar-refractivity contribution < 1.29 is 4.79 Å². The Morgan fingerprint density at radius 1 is 0.348 bits per heavy atom. The topological polar surface area (TPSA) is 74.4 Å². The highest BCUT2D eigenvalue weighted by molar-refractivity contribution is 6.19. The number of nitrogens with zero attached hydrogens (tertiary/aromatic N) is 2. The van der Waals surface area contributed by atoms with E-state index in [1.807, 2.05) is 140 Å². The normalized spacial score (nSPS) is 11.8. The van der Waals surface area contributed by atoms with Gasteiger partial charge in [-0.3, -0.25) is 4.79 Å². The van der Waals surface area contributed by atoms with Crippen molar-refractivity contribution in [3.05, 3.63) is 240 Å². The lowest BCUT2D eigenvalue weighted by Crippen LogP contribution is -1.92. The number of allylic oxidation sites excluding steroid dienone is 3. The zero-order chi connectivity index (χ0) is 44.2. The molecule has 2 aliphatic heterocycles. The first-order chi connectivity index (χ1) is 32.7. The molecule has 0 fully saturated rings. The number of rotatable bonds is 5. The number of aromatic amines is 2. The quantitative estimate of drug-likeness (QED) is 0.134. The summed E-state index contributed by atoms with van der Waals surface area (Å²) in [4.78, 5) is 32.0. The van der Waals surface area contributed by atoms with Gasteiger partial charge in [-0.15, -0.1) is 0 Å². The molecular weight excluding hydrogens is 805 g/mol. The molecule has 9 aromatic rings. The lowest BCUT2D eigenvalue weighted by atomic mass is 9.95. The molecule has 0 amide bonds. The molecule has 11 rings (SSSR count). The Morgan fingerprint density at radius 2 is 0.682 bits per heavy atom. The Hall–Kier alpha value is -9.29. The van der Waals surface area contributed by atoms with E-state index in [0.717, 1.165) is 84.0 Å². The van der Waals surface area contributed by atoms with Crippen LogP contribution in [0.5, 0.6) is 0 Å². The summed E-state index contributed by atoms with van der Waals surface area (Å²) in [7, 11) is 0. The molecule has 5 heteroatoms. The molecular formula is C61H38N4O. The first kappa shape index (κ1) is 39.5. The third kappa shape index (κ3) is 7.54. The maximum Gasteiger partial charge on any atom is 0.152 e. The van der Waals surface area contributed by atoms with Gasteiger partial charge in [0.05, 0.1) is 33.9 Å². The molecule has 0 saturated carbocycles. The number of hydrogen-bond donors (Lipinski definition) is 2. The van der Waals surface area contributed by atoms with Crippen LogP contribution in [-0.4, -0.2) is 26.2 Å². The van der Waals surface area contributed by atoms with Gasteiger partial charge in [0.25, 0.3) is 0 Å². The van der Waals surface area contributed by atoms with Crippen LogP contribution in [0, 0.1) is 23.7 Å². The molecule has 6 aromatic carbocycles. The molecule has 5 nitrogen and oxygen atoms in total. The van der Waals surface area contributed by atoms with E-state index in [-0.39, 0.29) is 0 Å². The van der Waals surface area contributed by atoms with Gasteiger partial charge in [-0.25, -0.2) is 9.97 Å². The van der Waals surface area contributed by atoms with Crippen molar-refractivity contribution >= 4 is 51.1 Å². The van der Waals surface area contributed by atoms with Crippen LogP contribution in [0.2, 0.25) is 0 Å². The number of hydrogen-bond acceptors (Lipinski definition) is 3. The molecule has 308 valence electrons. The minimum atomic E-state index is 0.482. The average Bonchev–Trinajstić information content (AvgIpc) is 4.21. The largest absolute Gasteiger partial charge is 0.354 e. The molecule has 2 aliphatic rings. The fraction of sp³-hybridized carbons (Fsp3) is 0. The number of carbonyl (C=O) groups excluding carboxylic acids is 1. The third-order valence-electron chi connectivity index (χ3n) is 11.7. The lowest BCUT2D eigenvalue weighted by molar-refractivity contribution is -0.103. The molecule has 3 aromatic heterocycles. The van der Waals surface area contributed by atoms with Crippen LogP contribution in [0.15, 0.2) is 206 Å². The zero-order valence-electron chi connectivity index (χ0n) is 35.6.